The Hall–Kier alpha value is -1.11. The van der Waals surface area contributed by atoms with Crippen molar-refractivity contribution in [1.82, 2.24) is 5.32 Å². The number of hydrogen-bond donors (Lipinski definition) is 2. The van der Waals surface area contributed by atoms with Gasteiger partial charge in [-0.1, -0.05) is 18.2 Å². The molecule has 0 radical (unpaired) electrons. The number of nitrogens with one attached hydrogen (secondary N) is 1. The van der Waals surface area contributed by atoms with Gasteiger partial charge in [0.05, 0.1) is 18.8 Å². The summed E-state index contributed by atoms with van der Waals surface area (Å²) in [4.78, 5) is 0. The van der Waals surface area contributed by atoms with E-state index >= 15 is 0 Å². The predicted octanol–water partition coefficient (Wildman–Crippen LogP) is 2.19. The Balaban J connectivity index is 2.33. The lowest BCUT2D eigenvalue weighted by Gasteiger charge is -2.13. The first-order valence-corrected chi connectivity index (χ1v) is 6.10. The molecule has 0 aliphatic rings. The van der Waals surface area contributed by atoms with Gasteiger partial charge in [-0.15, -0.1) is 0 Å². The minimum Gasteiger partial charge on any atom is -0.394 e. The molecule has 108 valence electrons. The Morgan fingerprint density at radius 3 is 2.58 bits per heavy atom. The standard InChI is InChI=1S/C13H18F3NO2/c14-13(15,16)12-5-2-1-4-11(12)10-17-6-3-8-19-9-7-18/h1-2,4-5,17-18H,3,6-10H2. The summed E-state index contributed by atoms with van der Waals surface area (Å²) < 4.78 is 43.1. The number of aliphatic hydroxyl groups excluding tert-OH is 1. The molecule has 0 aliphatic heterocycles. The summed E-state index contributed by atoms with van der Waals surface area (Å²) in [6, 6.07) is 5.53. The van der Waals surface area contributed by atoms with Crippen LogP contribution < -0.4 is 5.32 Å². The summed E-state index contributed by atoms with van der Waals surface area (Å²) in [5, 5.41) is 11.4. The fraction of sp³-hybridized carbons (Fsp3) is 0.538. The third-order valence-electron chi connectivity index (χ3n) is 2.52. The van der Waals surface area contributed by atoms with Crippen molar-refractivity contribution in [2.75, 3.05) is 26.4 Å². The van der Waals surface area contributed by atoms with Crippen molar-refractivity contribution in [3.63, 3.8) is 0 Å². The molecular weight excluding hydrogens is 259 g/mol. The predicted molar refractivity (Wildman–Crippen MR) is 65.7 cm³/mol. The van der Waals surface area contributed by atoms with Crippen LogP contribution in [0.3, 0.4) is 0 Å². The van der Waals surface area contributed by atoms with Crippen molar-refractivity contribution in [1.29, 1.82) is 0 Å². The van der Waals surface area contributed by atoms with Crippen LogP contribution in [0.15, 0.2) is 24.3 Å². The Labute approximate surface area is 110 Å². The molecule has 1 rings (SSSR count). The van der Waals surface area contributed by atoms with E-state index in [2.05, 4.69) is 5.32 Å². The van der Waals surface area contributed by atoms with Crippen molar-refractivity contribution >= 4 is 0 Å². The van der Waals surface area contributed by atoms with E-state index in [1.807, 2.05) is 0 Å². The minimum absolute atomic E-state index is 0.0214. The topological polar surface area (TPSA) is 41.5 Å². The molecule has 0 bridgehead atoms. The van der Waals surface area contributed by atoms with Gasteiger partial charge in [0.25, 0.3) is 0 Å². The Morgan fingerprint density at radius 2 is 1.89 bits per heavy atom. The van der Waals surface area contributed by atoms with Gasteiger partial charge < -0.3 is 15.2 Å². The highest BCUT2D eigenvalue weighted by atomic mass is 19.4. The molecule has 0 atom stereocenters. The van der Waals surface area contributed by atoms with Gasteiger partial charge in [0, 0.05) is 13.2 Å². The highest BCUT2D eigenvalue weighted by Gasteiger charge is 2.32. The van der Waals surface area contributed by atoms with Crippen molar-refractivity contribution in [3.8, 4) is 0 Å². The Kier molecular flexibility index (Phi) is 6.83. The number of alkyl halides is 3. The van der Waals surface area contributed by atoms with E-state index in [0.717, 1.165) is 6.07 Å². The lowest BCUT2D eigenvalue weighted by atomic mass is 10.1. The van der Waals surface area contributed by atoms with E-state index in [9.17, 15) is 13.2 Å². The van der Waals surface area contributed by atoms with Crippen LogP contribution in [0.2, 0.25) is 0 Å². The molecule has 2 N–H and O–H groups in total. The molecule has 0 fully saturated rings. The molecular formula is C13H18F3NO2. The van der Waals surface area contributed by atoms with Crippen LogP contribution in [0.25, 0.3) is 0 Å². The van der Waals surface area contributed by atoms with E-state index in [-0.39, 0.29) is 25.3 Å². The van der Waals surface area contributed by atoms with Crippen LogP contribution in [0.4, 0.5) is 13.2 Å². The number of aliphatic hydroxyl groups is 1. The maximum atomic E-state index is 12.7. The van der Waals surface area contributed by atoms with Crippen molar-refractivity contribution < 1.29 is 23.0 Å². The van der Waals surface area contributed by atoms with Gasteiger partial charge in [-0.05, 0) is 24.6 Å². The Bertz CT molecular complexity index is 369. The lowest BCUT2D eigenvalue weighted by Crippen LogP contribution is -2.19. The van der Waals surface area contributed by atoms with Gasteiger partial charge in [0.15, 0.2) is 0 Å². The molecule has 6 heteroatoms. The zero-order chi connectivity index (χ0) is 14.1. The number of hydrogen-bond acceptors (Lipinski definition) is 3. The van der Waals surface area contributed by atoms with Gasteiger partial charge in [-0.3, -0.25) is 0 Å². The molecule has 0 heterocycles. The molecule has 0 aromatic heterocycles. The molecule has 3 nitrogen and oxygen atoms in total. The maximum absolute atomic E-state index is 12.7. The number of benzene rings is 1. The molecule has 0 saturated heterocycles. The minimum atomic E-state index is -4.32. The number of ether oxygens (including phenoxy) is 1. The number of rotatable bonds is 8. The highest BCUT2D eigenvalue weighted by Crippen LogP contribution is 2.31. The lowest BCUT2D eigenvalue weighted by molar-refractivity contribution is -0.138. The zero-order valence-electron chi connectivity index (χ0n) is 10.5. The Morgan fingerprint density at radius 1 is 1.16 bits per heavy atom. The molecule has 1 aromatic rings. The van der Waals surface area contributed by atoms with E-state index in [1.54, 1.807) is 6.07 Å². The third-order valence-corrected chi connectivity index (χ3v) is 2.52. The second-order valence-corrected chi connectivity index (χ2v) is 4.02. The van der Waals surface area contributed by atoms with Crippen LogP contribution in [0, 0.1) is 0 Å². The molecule has 0 spiro atoms. The summed E-state index contributed by atoms with van der Waals surface area (Å²) in [6.45, 7) is 1.49. The fourth-order valence-electron chi connectivity index (χ4n) is 1.64. The second kappa shape index (κ2) is 8.14. The number of halogens is 3. The molecule has 19 heavy (non-hydrogen) atoms. The summed E-state index contributed by atoms with van der Waals surface area (Å²) in [7, 11) is 0. The summed E-state index contributed by atoms with van der Waals surface area (Å²) in [5.74, 6) is 0. The highest BCUT2D eigenvalue weighted by molar-refractivity contribution is 5.29. The SMILES string of the molecule is OCCOCCCNCc1ccccc1C(F)(F)F. The fourth-order valence-corrected chi connectivity index (χ4v) is 1.64. The van der Waals surface area contributed by atoms with Crippen molar-refractivity contribution in [3.05, 3.63) is 35.4 Å². The van der Waals surface area contributed by atoms with E-state index < -0.39 is 11.7 Å². The zero-order valence-corrected chi connectivity index (χ0v) is 10.5. The average molecular weight is 277 g/mol. The summed E-state index contributed by atoms with van der Waals surface area (Å²) >= 11 is 0. The van der Waals surface area contributed by atoms with Crippen molar-refractivity contribution in [2.45, 2.75) is 19.1 Å². The summed E-state index contributed by atoms with van der Waals surface area (Å²) in [6.07, 6.45) is -3.63. The third kappa shape index (κ3) is 6.04. The van der Waals surface area contributed by atoms with E-state index in [4.69, 9.17) is 9.84 Å². The van der Waals surface area contributed by atoms with Gasteiger partial charge in [-0.2, -0.15) is 13.2 Å². The van der Waals surface area contributed by atoms with Crippen molar-refractivity contribution in [2.24, 2.45) is 0 Å². The normalized spacial score (nSPS) is 11.8. The van der Waals surface area contributed by atoms with Crippen LogP contribution in [0.5, 0.6) is 0 Å². The molecule has 0 unspecified atom stereocenters. The molecule has 0 amide bonds. The first-order chi connectivity index (χ1) is 9.05. The maximum Gasteiger partial charge on any atom is 0.416 e. The van der Waals surface area contributed by atoms with Gasteiger partial charge in [0.1, 0.15) is 0 Å². The van der Waals surface area contributed by atoms with Gasteiger partial charge >= 0.3 is 6.18 Å². The molecule has 1 aromatic carbocycles. The second-order valence-electron chi connectivity index (χ2n) is 4.02. The van der Waals surface area contributed by atoms with Gasteiger partial charge in [0.2, 0.25) is 0 Å². The smallest absolute Gasteiger partial charge is 0.394 e. The van der Waals surface area contributed by atoms with Gasteiger partial charge in [-0.25, -0.2) is 0 Å². The first-order valence-electron chi connectivity index (χ1n) is 6.10. The van der Waals surface area contributed by atoms with Crippen LogP contribution >= 0.6 is 0 Å². The quantitative estimate of drug-likeness (QED) is 0.716. The van der Waals surface area contributed by atoms with Crippen LogP contribution in [-0.4, -0.2) is 31.5 Å². The summed E-state index contributed by atoms with van der Waals surface area (Å²) in [5.41, 5.74) is -0.356. The largest absolute Gasteiger partial charge is 0.416 e. The van der Waals surface area contributed by atoms with Crippen LogP contribution in [0.1, 0.15) is 17.5 Å². The van der Waals surface area contributed by atoms with Crippen LogP contribution in [-0.2, 0) is 17.5 Å². The average Bonchev–Trinajstić information content (AvgIpc) is 2.37. The molecule has 0 aliphatic carbocycles. The van der Waals surface area contributed by atoms with E-state index in [0.29, 0.717) is 19.6 Å². The molecule has 0 saturated carbocycles. The monoisotopic (exact) mass is 277 g/mol. The van der Waals surface area contributed by atoms with E-state index in [1.165, 1.54) is 12.1 Å². The first kappa shape index (κ1) is 15.9.